The number of piperidine rings is 1. The summed E-state index contributed by atoms with van der Waals surface area (Å²) in [6, 6.07) is 11.8. The van der Waals surface area contributed by atoms with Crippen LogP contribution < -0.4 is 10.1 Å². The summed E-state index contributed by atoms with van der Waals surface area (Å²) in [6.45, 7) is 1.67. The summed E-state index contributed by atoms with van der Waals surface area (Å²) in [4.78, 5) is 55.3. The van der Waals surface area contributed by atoms with Crippen molar-refractivity contribution in [3.05, 3.63) is 64.9 Å². The Kier molecular flexibility index (Phi) is 7.74. The van der Waals surface area contributed by atoms with Crippen LogP contribution in [0.1, 0.15) is 30.7 Å². The van der Waals surface area contributed by atoms with Crippen molar-refractivity contribution in [3.63, 3.8) is 0 Å². The zero-order valence-electron chi connectivity index (χ0n) is 21.5. The van der Waals surface area contributed by atoms with Gasteiger partial charge in [0.1, 0.15) is 17.6 Å². The fourth-order valence-corrected chi connectivity index (χ4v) is 5.67. The molecule has 3 heterocycles. The number of nitrogens with zero attached hydrogens (tertiary/aromatic N) is 3. The van der Waals surface area contributed by atoms with Gasteiger partial charge < -0.3 is 24.8 Å². The molecule has 0 aromatic heterocycles. The Morgan fingerprint density at radius 3 is 2.23 bits per heavy atom. The highest BCUT2D eigenvalue weighted by Gasteiger charge is 2.43. The molecule has 9 nitrogen and oxygen atoms in total. The lowest BCUT2D eigenvalue weighted by Gasteiger charge is -2.37. The first kappa shape index (κ1) is 26.9. The van der Waals surface area contributed by atoms with Crippen molar-refractivity contribution >= 4 is 35.4 Å². The van der Waals surface area contributed by atoms with Crippen LogP contribution >= 0.6 is 11.6 Å². The maximum atomic E-state index is 13.6. The maximum absolute atomic E-state index is 13.6. The Labute approximate surface area is 230 Å². The standard InChI is InChI=1S/C28H30ClFN4O5/c1-32(28(38)39-21-8-6-20(30)7-9-21)24-16-34(15-22(24)17-2-4-19(29)5-3-17)26(36)18-10-12-33(13-11-18)27(37)23-14-25(35)31-23/h2-9,18,22-24H,10-16H2,1H3,(H,31,35). The quantitative estimate of drug-likeness (QED) is 0.571. The molecule has 39 heavy (non-hydrogen) atoms. The van der Waals surface area contributed by atoms with Gasteiger partial charge in [-0.15, -0.1) is 0 Å². The second-order valence-corrected chi connectivity index (χ2v) is 10.8. The first-order valence-corrected chi connectivity index (χ1v) is 13.4. The van der Waals surface area contributed by atoms with Crippen LogP contribution in [0.2, 0.25) is 5.02 Å². The highest BCUT2D eigenvalue weighted by atomic mass is 35.5. The normalized spacial score (nSPS) is 23.2. The molecule has 0 bridgehead atoms. The van der Waals surface area contributed by atoms with E-state index < -0.39 is 18.0 Å². The van der Waals surface area contributed by atoms with Crippen LogP contribution in [-0.2, 0) is 14.4 Å². The number of amides is 4. The van der Waals surface area contributed by atoms with Gasteiger partial charge in [-0.25, -0.2) is 9.18 Å². The molecule has 11 heteroatoms. The number of halogens is 2. The van der Waals surface area contributed by atoms with Crippen molar-refractivity contribution in [2.45, 2.75) is 37.3 Å². The monoisotopic (exact) mass is 556 g/mol. The van der Waals surface area contributed by atoms with Gasteiger partial charge in [0.25, 0.3) is 0 Å². The summed E-state index contributed by atoms with van der Waals surface area (Å²) in [5.74, 6) is -0.812. The lowest BCUT2D eigenvalue weighted by molar-refractivity contribution is -0.146. The lowest BCUT2D eigenvalue weighted by atomic mass is 9.93. The van der Waals surface area contributed by atoms with Crippen LogP contribution in [0.4, 0.5) is 9.18 Å². The van der Waals surface area contributed by atoms with Crippen LogP contribution in [-0.4, -0.2) is 83.8 Å². The van der Waals surface area contributed by atoms with E-state index in [2.05, 4.69) is 5.32 Å². The molecule has 3 atom stereocenters. The van der Waals surface area contributed by atoms with E-state index in [4.69, 9.17) is 16.3 Å². The number of carbonyl (C=O) groups is 4. The molecule has 1 N–H and O–H groups in total. The predicted octanol–water partition coefficient (Wildman–Crippen LogP) is 3.03. The Morgan fingerprint density at radius 1 is 0.974 bits per heavy atom. The van der Waals surface area contributed by atoms with Crippen LogP contribution in [0, 0.1) is 11.7 Å². The molecule has 2 aromatic rings. The number of likely N-dealkylation sites (N-methyl/N-ethyl adjacent to an activating group) is 1. The van der Waals surface area contributed by atoms with Gasteiger partial charge in [-0.05, 0) is 54.8 Å². The average Bonchev–Trinajstić information content (AvgIpc) is 3.37. The van der Waals surface area contributed by atoms with Gasteiger partial charge in [-0.1, -0.05) is 23.7 Å². The van der Waals surface area contributed by atoms with E-state index in [0.29, 0.717) is 44.0 Å². The Bertz CT molecular complexity index is 1240. The third-order valence-electron chi connectivity index (χ3n) is 7.88. The molecule has 0 radical (unpaired) electrons. The Balaban J connectivity index is 1.26. The van der Waals surface area contributed by atoms with E-state index in [1.54, 1.807) is 29.0 Å². The molecular weight excluding hydrogens is 527 g/mol. The number of likely N-dealkylation sites (tertiary alicyclic amines) is 2. The minimum absolute atomic E-state index is 0.000751. The predicted molar refractivity (Wildman–Crippen MR) is 141 cm³/mol. The summed E-state index contributed by atoms with van der Waals surface area (Å²) in [5, 5.41) is 3.20. The van der Waals surface area contributed by atoms with Crippen molar-refractivity contribution in [1.82, 2.24) is 20.0 Å². The highest BCUT2D eigenvalue weighted by molar-refractivity contribution is 6.30. The molecule has 2 aromatic carbocycles. The second-order valence-electron chi connectivity index (χ2n) is 10.3. The number of benzene rings is 2. The van der Waals surface area contributed by atoms with Crippen molar-refractivity contribution in [2.24, 2.45) is 5.92 Å². The van der Waals surface area contributed by atoms with E-state index in [9.17, 15) is 23.6 Å². The number of hydrogen-bond acceptors (Lipinski definition) is 5. The van der Waals surface area contributed by atoms with E-state index in [1.165, 1.54) is 29.2 Å². The molecule has 3 saturated heterocycles. The Morgan fingerprint density at radius 2 is 1.62 bits per heavy atom. The molecule has 3 unspecified atom stereocenters. The van der Waals surface area contributed by atoms with E-state index >= 15 is 0 Å². The zero-order chi connectivity index (χ0) is 27.7. The van der Waals surface area contributed by atoms with Crippen molar-refractivity contribution in [3.8, 4) is 5.75 Å². The van der Waals surface area contributed by atoms with Gasteiger partial charge in [0.2, 0.25) is 17.7 Å². The van der Waals surface area contributed by atoms with Gasteiger partial charge in [0, 0.05) is 50.1 Å². The molecule has 3 aliphatic rings. The highest BCUT2D eigenvalue weighted by Crippen LogP contribution is 2.34. The van der Waals surface area contributed by atoms with Crippen LogP contribution in [0.15, 0.2) is 48.5 Å². The van der Waals surface area contributed by atoms with E-state index in [1.807, 2.05) is 12.1 Å². The summed E-state index contributed by atoms with van der Waals surface area (Å²) >= 11 is 6.10. The first-order chi connectivity index (χ1) is 18.7. The summed E-state index contributed by atoms with van der Waals surface area (Å²) in [6.07, 6.45) is 0.701. The molecule has 0 spiro atoms. The summed E-state index contributed by atoms with van der Waals surface area (Å²) in [7, 11) is 1.64. The molecule has 3 fully saturated rings. The Hall–Kier alpha value is -3.66. The fraction of sp³-hybridized carbons (Fsp3) is 0.429. The fourth-order valence-electron chi connectivity index (χ4n) is 5.54. The SMILES string of the molecule is CN(C(=O)Oc1ccc(F)cc1)C1CN(C(=O)C2CCN(C(=O)C3CC(=O)N3)CC2)CC1c1ccc(Cl)cc1. The largest absolute Gasteiger partial charge is 0.415 e. The molecule has 3 aliphatic heterocycles. The van der Waals surface area contributed by atoms with Gasteiger partial charge in [-0.3, -0.25) is 14.4 Å². The third-order valence-corrected chi connectivity index (χ3v) is 8.13. The topological polar surface area (TPSA) is 99.3 Å². The number of hydrogen-bond donors (Lipinski definition) is 1. The second kappa shape index (κ2) is 11.2. The molecule has 5 rings (SSSR count). The van der Waals surface area contributed by atoms with Gasteiger partial charge >= 0.3 is 6.09 Å². The summed E-state index contributed by atoms with van der Waals surface area (Å²) in [5.41, 5.74) is 0.948. The molecule has 4 amide bonds. The van der Waals surface area contributed by atoms with Crippen LogP contribution in [0.3, 0.4) is 0 Å². The minimum Gasteiger partial charge on any atom is -0.410 e. The lowest BCUT2D eigenvalue weighted by Crippen LogP contribution is -2.59. The van der Waals surface area contributed by atoms with E-state index in [0.717, 1.165) is 5.56 Å². The number of ether oxygens (including phenoxy) is 1. The molecule has 0 saturated carbocycles. The smallest absolute Gasteiger partial charge is 0.410 e. The number of nitrogens with one attached hydrogen (secondary N) is 1. The maximum Gasteiger partial charge on any atom is 0.415 e. The zero-order valence-corrected chi connectivity index (χ0v) is 22.3. The average molecular weight is 557 g/mol. The van der Waals surface area contributed by atoms with Gasteiger partial charge in [-0.2, -0.15) is 0 Å². The number of carbonyl (C=O) groups excluding carboxylic acids is 4. The van der Waals surface area contributed by atoms with Crippen molar-refractivity contribution in [2.75, 3.05) is 33.2 Å². The van der Waals surface area contributed by atoms with Crippen LogP contribution in [0.25, 0.3) is 0 Å². The minimum atomic E-state index is -0.602. The third kappa shape index (κ3) is 5.85. The molecule has 206 valence electrons. The van der Waals surface area contributed by atoms with Crippen molar-refractivity contribution < 1.29 is 28.3 Å². The van der Waals surface area contributed by atoms with Gasteiger partial charge in [0.15, 0.2) is 0 Å². The van der Waals surface area contributed by atoms with Gasteiger partial charge in [0.05, 0.1) is 12.5 Å². The first-order valence-electron chi connectivity index (χ1n) is 13.0. The number of β-lactam (4-membered cyclic amide) rings is 1. The van der Waals surface area contributed by atoms with Crippen molar-refractivity contribution in [1.29, 1.82) is 0 Å². The summed E-state index contributed by atoms with van der Waals surface area (Å²) < 4.78 is 18.7. The van der Waals surface area contributed by atoms with E-state index in [-0.39, 0.29) is 47.8 Å². The van der Waals surface area contributed by atoms with Crippen LogP contribution in [0.5, 0.6) is 5.75 Å². The molecular formula is C28H30ClFN4O5. The molecule has 0 aliphatic carbocycles. The number of rotatable bonds is 5.